The highest BCUT2D eigenvalue weighted by Crippen LogP contribution is 2.35. The molecule has 0 bridgehead atoms. The average molecular weight is 339 g/mol. The molecule has 0 heterocycles. The Labute approximate surface area is 137 Å². The van der Waals surface area contributed by atoms with Gasteiger partial charge in [-0.1, -0.05) is 65.8 Å². The first-order chi connectivity index (χ1) is 9.80. The number of benzene rings is 2. The van der Waals surface area contributed by atoms with Gasteiger partial charge in [0, 0.05) is 16.1 Å². The highest BCUT2D eigenvalue weighted by molar-refractivity contribution is 8.14. The van der Waals surface area contributed by atoms with Gasteiger partial charge >= 0.3 is 0 Å². The van der Waals surface area contributed by atoms with E-state index in [4.69, 9.17) is 10.7 Å². The molecular weight excluding hydrogens is 316 g/mol. The van der Waals surface area contributed by atoms with Crippen molar-refractivity contribution in [2.24, 2.45) is 0 Å². The summed E-state index contributed by atoms with van der Waals surface area (Å²) in [5.41, 5.74) is 1.99. The van der Waals surface area contributed by atoms with Crippen molar-refractivity contribution in [1.29, 1.82) is 0 Å². The monoisotopic (exact) mass is 338 g/mol. The van der Waals surface area contributed by atoms with E-state index >= 15 is 0 Å². The van der Waals surface area contributed by atoms with Gasteiger partial charge in [0.2, 0.25) is 0 Å². The predicted molar refractivity (Wildman–Crippen MR) is 94.4 cm³/mol. The van der Waals surface area contributed by atoms with Crippen molar-refractivity contribution in [3.8, 4) is 0 Å². The summed E-state index contributed by atoms with van der Waals surface area (Å²) < 4.78 is 23.9. The van der Waals surface area contributed by atoms with Gasteiger partial charge in [-0.15, -0.1) is 0 Å². The van der Waals surface area contributed by atoms with Crippen molar-refractivity contribution in [3.63, 3.8) is 0 Å². The van der Waals surface area contributed by atoms with Crippen molar-refractivity contribution in [1.82, 2.24) is 0 Å². The maximum Gasteiger partial charge on any atom is 0.261 e. The fraction of sp³-hybridized carbons (Fsp3) is 0.444. The van der Waals surface area contributed by atoms with Crippen LogP contribution in [0.25, 0.3) is 10.8 Å². The lowest BCUT2D eigenvalue weighted by molar-refractivity contribution is 0.587. The maximum atomic E-state index is 12.0. The molecule has 0 aliphatic heterocycles. The van der Waals surface area contributed by atoms with Crippen LogP contribution in [-0.2, 0) is 19.9 Å². The lowest BCUT2D eigenvalue weighted by Crippen LogP contribution is -2.13. The normalized spacial score (nSPS) is 13.6. The average Bonchev–Trinajstić information content (AvgIpc) is 2.33. The second-order valence-electron chi connectivity index (χ2n) is 7.85. The zero-order chi connectivity index (χ0) is 16.9. The van der Waals surface area contributed by atoms with Crippen LogP contribution in [0.1, 0.15) is 52.7 Å². The summed E-state index contributed by atoms with van der Waals surface area (Å²) >= 11 is 0. The maximum absolute atomic E-state index is 12.0. The third kappa shape index (κ3) is 3.47. The Morgan fingerprint density at radius 3 is 1.77 bits per heavy atom. The summed E-state index contributed by atoms with van der Waals surface area (Å²) in [4.78, 5) is 0.192. The quantitative estimate of drug-likeness (QED) is 0.656. The minimum atomic E-state index is -3.79. The Bertz CT molecular complexity index is 817. The Morgan fingerprint density at radius 2 is 1.32 bits per heavy atom. The number of rotatable bonds is 1. The van der Waals surface area contributed by atoms with Gasteiger partial charge in [0.05, 0.1) is 4.90 Å². The van der Waals surface area contributed by atoms with Crippen LogP contribution < -0.4 is 0 Å². The molecule has 120 valence electrons. The molecule has 0 aromatic heterocycles. The summed E-state index contributed by atoms with van der Waals surface area (Å²) in [6, 6.07) is 9.66. The molecule has 4 heteroatoms. The van der Waals surface area contributed by atoms with Crippen molar-refractivity contribution >= 4 is 30.5 Å². The van der Waals surface area contributed by atoms with E-state index in [0.29, 0.717) is 5.39 Å². The fourth-order valence-corrected chi connectivity index (χ4v) is 3.54. The second kappa shape index (κ2) is 5.24. The third-order valence-electron chi connectivity index (χ3n) is 3.91. The van der Waals surface area contributed by atoms with Gasteiger partial charge in [-0.25, -0.2) is 8.42 Å². The molecule has 0 spiro atoms. The van der Waals surface area contributed by atoms with Crippen molar-refractivity contribution < 1.29 is 8.42 Å². The van der Waals surface area contributed by atoms with Gasteiger partial charge in [0.15, 0.2) is 0 Å². The van der Waals surface area contributed by atoms with Gasteiger partial charge < -0.3 is 0 Å². The number of halogens is 1. The Morgan fingerprint density at radius 1 is 0.818 bits per heavy atom. The molecule has 2 nitrogen and oxygen atoms in total. The van der Waals surface area contributed by atoms with Crippen LogP contribution in [0.2, 0.25) is 0 Å². The largest absolute Gasteiger partial charge is 0.261 e. The van der Waals surface area contributed by atoms with E-state index in [-0.39, 0.29) is 15.7 Å². The van der Waals surface area contributed by atoms with Crippen molar-refractivity contribution in [2.45, 2.75) is 57.3 Å². The van der Waals surface area contributed by atoms with Crippen molar-refractivity contribution in [3.05, 3.63) is 41.5 Å². The van der Waals surface area contributed by atoms with Crippen LogP contribution in [0.3, 0.4) is 0 Å². The fourth-order valence-electron chi connectivity index (χ4n) is 2.44. The molecule has 2 rings (SSSR count). The molecule has 0 fully saturated rings. The minimum absolute atomic E-state index is 0.00588. The highest BCUT2D eigenvalue weighted by Gasteiger charge is 2.22. The molecule has 0 saturated carbocycles. The molecule has 0 atom stereocenters. The standard InChI is InChI=1S/C18H23ClO2S/c1-17(2,3)13-7-8-15-12(9-13)10-14(18(4,5)6)11-16(15)22(19,20)21/h7-11H,1-6H3. The zero-order valence-electron chi connectivity index (χ0n) is 14.0. The van der Waals surface area contributed by atoms with Crippen LogP contribution in [-0.4, -0.2) is 8.42 Å². The third-order valence-corrected chi connectivity index (χ3v) is 5.27. The summed E-state index contributed by atoms with van der Waals surface area (Å²) in [6.07, 6.45) is 0. The lowest BCUT2D eigenvalue weighted by Gasteiger charge is -2.23. The number of hydrogen-bond acceptors (Lipinski definition) is 2. The minimum Gasteiger partial charge on any atom is -0.207 e. The molecule has 0 radical (unpaired) electrons. The molecule has 0 saturated heterocycles. The highest BCUT2D eigenvalue weighted by atomic mass is 35.7. The van der Waals surface area contributed by atoms with Gasteiger partial charge in [0.25, 0.3) is 9.05 Å². The first-order valence-electron chi connectivity index (χ1n) is 7.33. The van der Waals surface area contributed by atoms with Crippen molar-refractivity contribution in [2.75, 3.05) is 0 Å². The van der Waals surface area contributed by atoms with Crippen LogP contribution in [0.4, 0.5) is 0 Å². The molecule has 0 N–H and O–H groups in total. The molecule has 0 amide bonds. The van der Waals surface area contributed by atoms with E-state index in [1.165, 1.54) is 5.56 Å². The number of hydrogen-bond donors (Lipinski definition) is 0. The molecule has 0 aliphatic carbocycles. The topological polar surface area (TPSA) is 34.1 Å². The van der Waals surface area contributed by atoms with Gasteiger partial charge in [-0.05, 0) is 33.4 Å². The summed E-state index contributed by atoms with van der Waals surface area (Å²) in [6.45, 7) is 12.6. The van der Waals surface area contributed by atoms with Crippen LogP contribution in [0.15, 0.2) is 35.2 Å². The predicted octanol–water partition coefficient (Wildman–Crippen LogP) is 5.36. The van der Waals surface area contributed by atoms with E-state index in [9.17, 15) is 8.42 Å². The van der Waals surface area contributed by atoms with E-state index in [0.717, 1.165) is 10.9 Å². The zero-order valence-corrected chi connectivity index (χ0v) is 15.6. The van der Waals surface area contributed by atoms with E-state index in [1.54, 1.807) is 6.07 Å². The van der Waals surface area contributed by atoms with Gasteiger partial charge in [0.1, 0.15) is 0 Å². The SMILES string of the molecule is CC(C)(C)c1ccc2c(S(=O)(=O)Cl)cc(C(C)(C)C)cc2c1. The van der Waals surface area contributed by atoms with E-state index in [1.807, 2.05) is 12.1 Å². The molecular formula is C18H23ClO2S. The lowest BCUT2D eigenvalue weighted by atomic mass is 9.83. The first kappa shape index (κ1) is 17.3. The molecule has 0 unspecified atom stereocenters. The molecule has 2 aromatic carbocycles. The second-order valence-corrected chi connectivity index (χ2v) is 10.4. The summed E-state index contributed by atoms with van der Waals surface area (Å²) in [7, 11) is 1.87. The Kier molecular flexibility index (Phi) is 4.12. The van der Waals surface area contributed by atoms with Gasteiger partial charge in [-0.2, -0.15) is 0 Å². The Balaban J connectivity index is 2.89. The first-order valence-corrected chi connectivity index (χ1v) is 9.64. The van der Waals surface area contributed by atoms with E-state index < -0.39 is 9.05 Å². The van der Waals surface area contributed by atoms with Gasteiger partial charge in [-0.3, -0.25) is 0 Å². The number of fused-ring (bicyclic) bond motifs is 1. The van der Waals surface area contributed by atoms with Crippen LogP contribution >= 0.6 is 10.7 Å². The molecule has 0 aliphatic rings. The summed E-state index contributed by atoms with van der Waals surface area (Å²) in [5, 5.41) is 1.59. The summed E-state index contributed by atoms with van der Waals surface area (Å²) in [5.74, 6) is 0. The van der Waals surface area contributed by atoms with E-state index in [2.05, 4.69) is 53.7 Å². The Hall–Kier alpha value is -1.06. The smallest absolute Gasteiger partial charge is 0.207 e. The molecule has 22 heavy (non-hydrogen) atoms. The molecule has 2 aromatic rings. The van der Waals surface area contributed by atoms with Crippen LogP contribution in [0.5, 0.6) is 0 Å². The van der Waals surface area contributed by atoms with Crippen LogP contribution in [0, 0.1) is 0 Å².